The molecule has 0 aromatic rings. The summed E-state index contributed by atoms with van der Waals surface area (Å²) in [6.45, 7) is 2.33. The first-order valence-electron chi connectivity index (χ1n) is 6.60. The van der Waals surface area contributed by atoms with Gasteiger partial charge in [-0.1, -0.05) is 26.2 Å². The Morgan fingerprint density at radius 1 is 1.13 bits per heavy atom. The van der Waals surface area contributed by atoms with E-state index >= 15 is 0 Å². The molecule has 0 radical (unpaired) electrons. The fraction of sp³-hybridized carbons (Fsp3) is 1.00. The molecule has 0 heterocycles. The lowest BCUT2D eigenvalue weighted by molar-refractivity contribution is 0.0118. The van der Waals surface area contributed by atoms with Gasteiger partial charge in [0.15, 0.2) is 0 Å². The zero-order valence-electron chi connectivity index (χ0n) is 10.2. The van der Waals surface area contributed by atoms with Crippen LogP contribution in [0.15, 0.2) is 0 Å². The third-order valence-electron chi connectivity index (χ3n) is 4.26. The van der Waals surface area contributed by atoms with Gasteiger partial charge in [-0.3, -0.25) is 0 Å². The van der Waals surface area contributed by atoms with Crippen LogP contribution in [-0.2, 0) is 4.74 Å². The molecule has 0 amide bonds. The molecule has 0 bridgehead atoms. The largest absolute Gasteiger partial charge is 0.381 e. The van der Waals surface area contributed by atoms with Crippen molar-refractivity contribution >= 4 is 0 Å². The van der Waals surface area contributed by atoms with Gasteiger partial charge in [0.1, 0.15) is 0 Å². The fourth-order valence-corrected chi connectivity index (χ4v) is 3.04. The summed E-state index contributed by atoms with van der Waals surface area (Å²) in [6.07, 6.45) is 10.0. The lowest BCUT2D eigenvalue weighted by Crippen LogP contribution is -2.50. The summed E-state index contributed by atoms with van der Waals surface area (Å²) < 4.78 is 5.31. The Morgan fingerprint density at radius 3 is 2.60 bits per heavy atom. The van der Waals surface area contributed by atoms with Crippen molar-refractivity contribution in [2.75, 3.05) is 7.11 Å². The van der Waals surface area contributed by atoms with Crippen LogP contribution in [0.2, 0.25) is 0 Å². The van der Waals surface area contributed by atoms with Crippen molar-refractivity contribution in [1.82, 2.24) is 5.32 Å². The molecule has 88 valence electrons. The maximum Gasteiger partial charge on any atom is 0.0601 e. The van der Waals surface area contributed by atoms with Gasteiger partial charge in [-0.15, -0.1) is 0 Å². The molecule has 0 spiro atoms. The minimum absolute atomic E-state index is 0.535. The van der Waals surface area contributed by atoms with E-state index in [2.05, 4.69) is 12.2 Å². The predicted molar refractivity (Wildman–Crippen MR) is 63.0 cm³/mol. The van der Waals surface area contributed by atoms with E-state index in [9.17, 15) is 0 Å². The lowest BCUT2D eigenvalue weighted by atomic mass is 9.82. The zero-order valence-corrected chi connectivity index (χ0v) is 10.2. The Bertz CT molecular complexity index is 189. The maximum absolute atomic E-state index is 5.31. The summed E-state index contributed by atoms with van der Waals surface area (Å²) in [4.78, 5) is 0. The maximum atomic E-state index is 5.31. The third kappa shape index (κ3) is 2.94. The molecule has 2 rings (SSSR count). The average Bonchev–Trinajstić information content (AvgIpc) is 2.23. The Labute approximate surface area is 93.8 Å². The molecule has 2 nitrogen and oxygen atoms in total. The zero-order chi connectivity index (χ0) is 10.7. The quantitative estimate of drug-likeness (QED) is 0.772. The standard InChI is InChI=1S/C13H25NO/c1-3-10-5-4-6-11(7-10)14-12-8-13(9-12)15-2/h10-14H,3-9H2,1-2H3. The van der Waals surface area contributed by atoms with Crippen LogP contribution in [-0.4, -0.2) is 25.3 Å². The van der Waals surface area contributed by atoms with Crippen LogP contribution < -0.4 is 5.32 Å². The van der Waals surface area contributed by atoms with E-state index < -0.39 is 0 Å². The first-order valence-corrected chi connectivity index (χ1v) is 6.60. The molecule has 2 aliphatic carbocycles. The van der Waals surface area contributed by atoms with Crippen LogP contribution >= 0.6 is 0 Å². The molecular formula is C13H25NO. The number of nitrogens with one attached hydrogen (secondary N) is 1. The molecular weight excluding hydrogens is 186 g/mol. The van der Waals surface area contributed by atoms with Gasteiger partial charge in [0.05, 0.1) is 6.10 Å². The molecule has 0 aromatic heterocycles. The van der Waals surface area contributed by atoms with E-state index in [1.54, 1.807) is 0 Å². The Kier molecular flexibility index (Phi) is 4.04. The minimum Gasteiger partial charge on any atom is -0.381 e. The molecule has 2 fully saturated rings. The molecule has 2 heteroatoms. The van der Waals surface area contributed by atoms with Crippen molar-refractivity contribution in [3.63, 3.8) is 0 Å². The monoisotopic (exact) mass is 211 g/mol. The van der Waals surface area contributed by atoms with Crippen molar-refractivity contribution < 1.29 is 4.74 Å². The Morgan fingerprint density at radius 2 is 1.93 bits per heavy atom. The number of ether oxygens (including phenoxy) is 1. The van der Waals surface area contributed by atoms with Crippen LogP contribution in [0.1, 0.15) is 51.9 Å². The topological polar surface area (TPSA) is 21.3 Å². The summed E-state index contributed by atoms with van der Waals surface area (Å²) >= 11 is 0. The fourth-order valence-electron chi connectivity index (χ4n) is 3.04. The van der Waals surface area contributed by atoms with Gasteiger partial charge in [-0.25, -0.2) is 0 Å². The first kappa shape index (κ1) is 11.4. The van der Waals surface area contributed by atoms with Gasteiger partial charge >= 0.3 is 0 Å². The molecule has 15 heavy (non-hydrogen) atoms. The van der Waals surface area contributed by atoms with E-state index in [4.69, 9.17) is 4.74 Å². The van der Waals surface area contributed by atoms with Crippen molar-refractivity contribution in [3.05, 3.63) is 0 Å². The van der Waals surface area contributed by atoms with E-state index in [0.29, 0.717) is 6.10 Å². The van der Waals surface area contributed by atoms with Gasteiger partial charge in [0.2, 0.25) is 0 Å². The molecule has 2 aliphatic rings. The second-order valence-electron chi connectivity index (χ2n) is 5.33. The normalized spacial score (nSPS) is 41.2. The van der Waals surface area contributed by atoms with Crippen LogP contribution in [0.3, 0.4) is 0 Å². The van der Waals surface area contributed by atoms with Crippen LogP contribution in [0.25, 0.3) is 0 Å². The van der Waals surface area contributed by atoms with Crippen molar-refractivity contribution in [2.45, 2.75) is 70.1 Å². The summed E-state index contributed by atoms with van der Waals surface area (Å²) in [7, 11) is 1.83. The van der Waals surface area contributed by atoms with E-state index in [1.807, 2.05) is 7.11 Å². The summed E-state index contributed by atoms with van der Waals surface area (Å²) in [5, 5.41) is 3.80. The first-order chi connectivity index (χ1) is 7.31. The van der Waals surface area contributed by atoms with E-state index in [0.717, 1.165) is 18.0 Å². The van der Waals surface area contributed by atoms with Gasteiger partial charge in [-0.2, -0.15) is 0 Å². The molecule has 2 atom stereocenters. The summed E-state index contributed by atoms with van der Waals surface area (Å²) in [5.41, 5.74) is 0. The summed E-state index contributed by atoms with van der Waals surface area (Å²) in [5.74, 6) is 0.981. The van der Waals surface area contributed by atoms with Crippen molar-refractivity contribution in [1.29, 1.82) is 0 Å². The summed E-state index contributed by atoms with van der Waals surface area (Å²) in [6, 6.07) is 1.54. The lowest BCUT2D eigenvalue weighted by Gasteiger charge is -2.39. The number of rotatable bonds is 4. The highest BCUT2D eigenvalue weighted by molar-refractivity contribution is 4.89. The smallest absolute Gasteiger partial charge is 0.0601 e. The second-order valence-corrected chi connectivity index (χ2v) is 5.33. The van der Waals surface area contributed by atoms with Gasteiger partial charge < -0.3 is 10.1 Å². The Hall–Kier alpha value is -0.0800. The molecule has 0 aromatic carbocycles. The molecule has 1 N–H and O–H groups in total. The Balaban J connectivity index is 1.66. The minimum atomic E-state index is 0.535. The molecule has 2 saturated carbocycles. The highest BCUT2D eigenvalue weighted by Gasteiger charge is 2.31. The van der Waals surface area contributed by atoms with Gasteiger partial charge in [0.25, 0.3) is 0 Å². The number of methoxy groups -OCH3 is 1. The van der Waals surface area contributed by atoms with E-state index in [1.165, 1.54) is 44.9 Å². The van der Waals surface area contributed by atoms with Crippen LogP contribution in [0.5, 0.6) is 0 Å². The predicted octanol–water partition coefficient (Wildman–Crippen LogP) is 2.72. The number of hydrogen-bond acceptors (Lipinski definition) is 2. The number of hydrogen-bond donors (Lipinski definition) is 1. The average molecular weight is 211 g/mol. The molecule has 0 aliphatic heterocycles. The SMILES string of the molecule is CCC1CCCC(NC2CC(OC)C2)C1. The van der Waals surface area contributed by atoms with Crippen LogP contribution in [0.4, 0.5) is 0 Å². The van der Waals surface area contributed by atoms with Gasteiger partial charge in [0, 0.05) is 19.2 Å². The van der Waals surface area contributed by atoms with Crippen LogP contribution in [0, 0.1) is 5.92 Å². The highest BCUT2D eigenvalue weighted by Crippen LogP contribution is 2.29. The third-order valence-corrected chi connectivity index (χ3v) is 4.26. The molecule has 0 saturated heterocycles. The van der Waals surface area contributed by atoms with Crippen molar-refractivity contribution in [3.8, 4) is 0 Å². The molecule has 2 unspecified atom stereocenters. The van der Waals surface area contributed by atoms with Gasteiger partial charge in [-0.05, 0) is 31.6 Å². The van der Waals surface area contributed by atoms with E-state index in [-0.39, 0.29) is 0 Å². The van der Waals surface area contributed by atoms with Crippen molar-refractivity contribution in [2.24, 2.45) is 5.92 Å². The second kappa shape index (κ2) is 5.31. The highest BCUT2D eigenvalue weighted by atomic mass is 16.5.